The second kappa shape index (κ2) is 8.73. The van der Waals surface area contributed by atoms with Crippen LogP contribution in [0.15, 0.2) is 29.2 Å². The first-order valence-electron chi connectivity index (χ1n) is 9.34. The van der Waals surface area contributed by atoms with E-state index < -0.39 is 11.9 Å². The third-order valence-corrected chi connectivity index (χ3v) is 6.14. The molecule has 0 unspecified atom stereocenters. The fraction of sp³-hybridized carbons (Fsp3) is 0.381. The van der Waals surface area contributed by atoms with E-state index >= 15 is 0 Å². The maximum absolute atomic E-state index is 12.8. The summed E-state index contributed by atoms with van der Waals surface area (Å²) in [7, 11) is 1.28. The van der Waals surface area contributed by atoms with Crippen LogP contribution in [-0.2, 0) is 14.3 Å². The Hall–Kier alpha value is -2.74. The molecule has 0 bridgehead atoms. The van der Waals surface area contributed by atoms with Crippen molar-refractivity contribution in [2.24, 2.45) is 0 Å². The van der Waals surface area contributed by atoms with Gasteiger partial charge in [0.1, 0.15) is 5.69 Å². The van der Waals surface area contributed by atoms with Gasteiger partial charge in [0, 0.05) is 22.4 Å². The molecule has 0 fully saturated rings. The number of ether oxygens (including phenoxy) is 2. The summed E-state index contributed by atoms with van der Waals surface area (Å²) < 4.78 is 10.0. The van der Waals surface area contributed by atoms with Crippen molar-refractivity contribution in [2.45, 2.75) is 37.3 Å². The number of carbonyl (C=O) groups is 3. The van der Waals surface area contributed by atoms with Gasteiger partial charge in [0.25, 0.3) is 5.91 Å². The highest BCUT2D eigenvalue weighted by Gasteiger charge is 2.27. The molecule has 7 nitrogen and oxygen atoms in total. The van der Waals surface area contributed by atoms with Gasteiger partial charge in [0.05, 0.1) is 18.4 Å². The summed E-state index contributed by atoms with van der Waals surface area (Å²) in [5.41, 5.74) is 2.24. The van der Waals surface area contributed by atoms with Gasteiger partial charge in [-0.2, -0.15) is 0 Å². The Kier molecular flexibility index (Phi) is 6.32. The molecule has 0 spiro atoms. The lowest BCUT2D eigenvalue weighted by molar-refractivity contribution is -0.121. The van der Waals surface area contributed by atoms with Crippen LogP contribution in [-0.4, -0.2) is 48.3 Å². The van der Waals surface area contributed by atoms with Crippen molar-refractivity contribution in [1.29, 1.82) is 0 Å². The van der Waals surface area contributed by atoms with Crippen molar-refractivity contribution in [1.82, 2.24) is 4.98 Å². The van der Waals surface area contributed by atoms with E-state index in [1.54, 1.807) is 30.5 Å². The molecular weight excluding hydrogens is 392 g/mol. The van der Waals surface area contributed by atoms with Crippen LogP contribution in [0.4, 0.5) is 5.69 Å². The lowest BCUT2D eigenvalue weighted by Gasteiger charge is -2.22. The number of hydrogen-bond acceptors (Lipinski definition) is 6. The summed E-state index contributed by atoms with van der Waals surface area (Å²) in [4.78, 5) is 42.8. The molecule has 3 rings (SSSR count). The Bertz CT molecular complexity index is 953. The zero-order chi connectivity index (χ0) is 21.1. The topological polar surface area (TPSA) is 88.7 Å². The molecule has 2 aromatic rings. The van der Waals surface area contributed by atoms with E-state index in [1.165, 1.54) is 7.11 Å². The molecule has 1 atom stereocenters. The minimum Gasteiger partial charge on any atom is -0.465 e. The molecule has 0 saturated heterocycles. The average Bonchev–Trinajstić information content (AvgIpc) is 2.89. The molecule has 0 radical (unpaired) electrons. The quantitative estimate of drug-likeness (QED) is 0.768. The second-order valence-corrected chi connectivity index (χ2v) is 8.40. The molecule has 1 aliphatic heterocycles. The van der Waals surface area contributed by atoms with E-state index in [0.717, 1.165) is 17.0 Å². The predicted octanol–water partition coefficient (Wildman–Crippen LogP) is 3.49. The third kappa shape index (κ3) is 4.32. The van der Waals surface area contributed by atoms with Gasteiger partial charge in [-0.15, -0.1) is 11.8 Å². The fourth-order valence-corrected chi connectivity index (χ4v) is 4.50. The largest absolute Gasteiger partial charge is 0.465 e. The molecule has 0 saturated carbocycles. The summed E-state index contributed by atoms with van der Waals surface area (Å²) in [6.07, 6.45) is 0.844. The molecule has 1 N–H and O–H groups in total. The smallest absolute Gasteiger partial charge is 0.355 e. The first-order chi connectivity index (χ1) is 13.8. The summed E-state index contributed by atoms with van der Waals surface area (Å²) in [6, 6.07) is 7.73. The minimum absolute atomic E-state index is 0.149. The Morgan fingerprint density at radius 2 is 1.93 bits per heavy atom. The summed E-state index contributed by atoms with van der Waals surface area (Å²) in [6.45, 7) is 5.63. The van der Waals surface area contributed by atoms with Crippen molar-refractivity contribution in [3.63, 3.8) is 0 Å². The maximum Gasteiger partial charge on any atom is 0.355 e. The van der Waals surface area contributed by atoms with Crippen LogP contribution in [0.5, 0.6) is 0 Å². The number of benzene rings is 1. The number of aromatic nitrogens is 1. The third-order valence-electron chi connectivity index (χ3n) is 4.90. The zero-order valence-electron chi connectivity index (χ0n) is 16.9. The van der Waals surface area contributed by atoms with Crippen molar-refractivity contribution in [3.8, 4) is 0 Å². The molecule has 8 heteroatoms. The number of carbonyl (C=O) groups excluding carboxylic acids is 3. The van der Waals surface area contributed by atoms with Crippen LogP contribution in [0.25, 0.3) is 0 Å². The highest BCUT2D eigenvalue weighted by atomic mass is 32.2. The number of rotatable bonds is 4. The number of nitrogens with one attached hydrogen (secondary N) is 1. The Morgan fingerprint density at radius 3 is 2.66 bits per heavy atom. The van der Waals surface area contributed by atoms with E-state index in [1.807, 2.05) is 24.3 Å². The number of para-hydroxylation sites is 1. The number of esters is 2. The lowest BCUT2D eigenvalue weighted by Crippen LogP contribution is -2.35. The van der Waals surface area contributed by atoms with E-state index in [-0.39, 0.29) is 18.2 Å². The molecule has 2 heterocycles. The van der Waals surface area contributed by atoms with Crippen LogP contribution in [0, 0.1) is 13.8 Å². The van der Waals surface area contributed by atoms with Gasteiger partial charge in [0.15, 0.2) is 6.61 Å². The van der Waals surface area contributed by atoms with Gasteiger partial charge >= 0.3 is 11.9 Å². The number of H-pyrrole nitrogens is 1. The molecule has 29 heavy (non-hydrogen) atoms. The highest BCUT2D eigenvalue weighted by Crippen LogP contribution is 2.37. The van der Waals surface area contributed by atoms with E-state index in [2.05, 4.69) is 11.9 Å². The molecule has 0 aliphatic carbocycles. The van der Waals surface area contributed by atoms with Crippen molar-refractivity contribution >= 4 is 35.3 Å². The number of methoxy groups -OCH3 is 1. The molecule has 1 aromatic heterocycles. The summed E-state index contributed by atoms with van der Waals surface area (Å²) in [5.74, 6) is -1.49. The number of aromatic amines is 1. The number of fused-ring (bicyclic) bond motifs is 1. The van der Waals surface area contributed by atoms with Gasteiger partial charge in [-0.05, 0) is 38.0 Å². The molecule has 154 valence electrons. The van der Waals surface area contributed by atoms with Crippen molar-refractivity contribution < 1.29 is 23.9 Å². The summed E-state index contributed by atoms with van der Waals surface area (Å²) >= 11 is 1.74. The minimum atomic E-state index is -0.681. The van der Waals surface area contributed by atoms with Crippen LogP contribution in [0.2, 0.25) is 0 Å². The number of nitrogens with zero attached hydrogens (tertiary/aromatic N) is 1. The lowest BCUT2D eigenvalue weighted by atomic mass is 10.1. The monoisotopic (exact) mass is 416 g/mol. The Balaban J connectivity index is 1.73. The van der Waals surface area contributed by atoms with Gasteiger partial charge in [-0.25, -0.2) is 9.59 Å². The molecule has 1 amide bonds. The number of thioether (sulfide) groups is 1. The fourth-order valence-electron chi connectivity index (χ4n) is 3.39. The van der Waals surface area contributed by atoms with Gasteiger partial charge in [0.2, 0.25) is 0 Å². The Morgan fingerprint density at radius 1 is 1.21 bits per heavy atom. The van der Waals surface area contributed by atoms with E-state index in [0.29, 0.717) is 28.6 Å². The number of aryl methyl sites for hydroxylation is 1. The van der Waals surface area contributed by atoms with Crippen LogP contribution < -0.4 is 4.90 Å². The van der Waals surface area contributed by atoms with Gasteiger partial charge in [-0.1, -0.05) is 19.1 Å². The van der Waals surface area contributed by atoms with Crippen molar-refractivity contribution in [2.75, 3.05) is 25.2 Å². The second-order valence-electron chi connectivity index (χ2n) is 6.92. The van der Waals surface area contributed by atoms with Crippen molar-refractivity contribution in [3.05, 3.63) is 46.8 Å². The predicted molar refractivity (Wildman–Crippen MR) is 111 cm³/mol. The number of anilines is 1. The molecule has 1 aliphatic rings. The van der Waals surface area contributed by atoms with E-state index in [9.17, 15) is 14.4 Å². The molecular formula is C21H24N2O5S. The number of amides is 1. The summed E-state index contributed by atoms with van der Waals surface area (Å²) in [5, 5.41) is 0.387. The first kappa shape index (κ1) is 21.0. The van der Waals surface area contributed by atoms with E-state index in [4.69, 9.17) is 9.47 Å². The Labute approximate surface area is 173 Å². The van der Waals surface area contributed by atoms with Gasteiger partial charge < -0.3 is 19.4 Å². The molecule has 1 aromatic carbocycles. The normalized spacial score (nSPS) is 16.0. The van der Waals surface area contributed by atoms with Crippen LogP contribution >= 0.6 is 11.8 Å². The highest BCUT2D eigenvalue weighted by molar-refractivity contribution is 8.00. The van der Waals surface area contributed by atoms with Crippen LogP contribution in [0.1, 0.15) is 45.4 Å². The average molecular weight is 416 g/mol. The number of hydrogen-bond donors (Lipinski definition) is 1. The maximum atomic E-state index is 12.8. The SMILES string of the molecule is COC(=O)c1c(C)[nH]c(C(=O)OCC(=O)N2CC[C@@H](C)Sc3ccccc32)c1C. The van der Waals surface area contributed by atoms with Gasteiger partial charge in [-0.3, -0.25) is 4.79 Å². The first-order valence-corrected chi connectivity index (χ1v) is 10.2. The zero-order valence-corrected chi connectivity index (χ0v) is 17.7. The van der Waals surface area contributed by atoms with Crippen LogP contribution in [0.3, 0.4) is 0 Å². The standard InChI is InChI=1S/C21H24N2O5S/c1-12-9-10-23(15-7-5-6-8-16(15)29-12)17(24)11-28-21(26)19-13(2)18(14(3)22-19)20(25)27-4/h5-8,12,22H,9-11H2,1-4H3/t12-/m1/s1.